The first-order chi connectivity index (χ1) is 8.84. The number of hydrogen-bond acceptors (Lipinski definition) is 5. The van der Waals surface area contributed by atoms with Gasteiger partial charge in [-0.3, -0.25) is 10.1 Å². The quantitative estimate of drug-likeness (QED) is 0.617. The van der Waals surface area contributed by atoms with Gasteiger partial charge in [0.2, 0.25) is 0 Å². The van der Waals surface area contributed by atoms with Crippen molar-refractivity contribution in [3.8, 4) is 0 Å². The van der Waals surface area contributed by atoms with E-state index in [1.54, 1.807) is 6.92 Å². The lowest BCUT2D eigenvalue weighted by Gasteiger charge is -2.30. The molecule has 106 valence electrons. The smallest absolute Gasteiger partial charge is 0.291 e. The van der Waals surface area contributed by atoms with Crippen LogP contribution in [-0.4, -0.2) is 27.2 Å². The maximum absolute atomic E-state index is 10.8. The molecular formula is C12H18BrN3O3. The topological polar surface area (TPSA) is 88.3 Å². The lowest BCUT2D eigenvalue weighted by molar-refractivity contribution is -0.385. The van der Waals surface area contributed by atoms with Gasteiger partial charge in [0, 0.05) is 17.7 Å². The molecule has 0 aliphatic carbocycles. The van der Waals surface area contributed by atoms with Gasteiger partial charge in [-0.25, -0.2) is 4.98 Å². The maximum Gasteiger partial charge on any atom is 0.291 e. The number of rotatable bonds is 6. The van der Waals surface area contributed by atoms with E-state index in [0.29, 0.717) is 22.3 Å². The molecule has 1 aromatic rings. The molecule has 1 unspecified atom stereocenters. The van der Waals surface area contributed by atoms with Crippen LogP contribution in [0, 0.1) is 17.0 Å². The van der Waals surface area contributed by atoms with Gasteiger partial charge in [-0.1, -0.05) is 6.92 Å². The largest absolute Gasteiger partial charge is 0.396 e. The van der Waals surface area contributed by atoms with Crippen molar-refractivity contribution < 1.29 is 10.0 Å². The van der Waals surface area contributed by atoms with E-state index in [4.69, 9.17) is 5.11 Å². The van der Waals surface area contributed by atoms with Crippen LogP contribution in [0.4, 0.5) is 11.5 Å². The lowest BCUT2D eigenvalue weighted by atomic mass is 9.95. The summed E-state index contributed by atoms with van der Waals surface area (Å²) in [4.78, 5) is 14.5. The number of aliphatic hydroxyl groups excluding tert-OH is 1. The van der Waals surface area contributed by atoms with E-state index in [-0.39, 0.29) is 17.8 Å². The molecule has 0 fully saturated rings. The van der Waals surface area contributed by atoms with Gasteiger partial charge in [-0.05, 0) is 42.6 Å². The van der Waals surface area contributed by atoms with Crippen LogP contribution in [0.1, 0.15) is 32.3 Å². The number of nitrogens with one attached hydrogen (secondary N) is 1. The number of pyridine rings is 1. The van der Waals surface area contributed by atoms with E-state index in [1.165, 1.54) is 6.20 Å². The van der Waals surface area contributed by atoms with Crippen LogP contribution in [0.25, 0.3) is 0 Å². The van der Waals surface area contributed by atoms with Crippen LogP contribution >= 0.6 is 15.9 Å². The van der Waals surface area contributed by atoms with Crippen molar-refractivity contribution >= 4 is 27.4 Å². The van der Waals surface area contributed by atoms with Gasteiger partial charge < -0.3 is 10.4 Å². The number of nitrogens with zero attached hydrogens (tertiary/aromatic N) is 2. The van der Waals surface area contributed by atoms with Gasteiger partial charge in [-0.15, -0.1) is 0 Å². The van der Waals surface area contributed by atoms with Crippen molar-refractivity contribution in [3.05, 3.63) is 26.3 Å². The predicted octanol–water partition coefficient (Wildman–Crippen LogP) is 3.02. The van der Waals surface area contributed by atoms with E-state index in [2.05, 4.69) is 26.2 Å². The van der Waals surface area contributed by atoms with E-state index in [1.807, 2.05) is 13.8 Å². The zero-order valence-corrected chi connectivity index (χ0v) is 12.8. The van der Waals surface area contributed by atoms with Crippen molar-refractivity contribution in [1.82, 2.24) is 4.98 Å². The van der Waals surface area contributed by atoms with Crippen LogP contribution in [0.15, 0.2) is 10.7 Å². The molecule has 1 rings (SSSR count). The molecule has 0 bridgehead atoms. The van der Waals surface area contributed by atoms with Crippen LogP contribution in [-0.2, 0) is 0 Å². The Morgan fingerprint density at radius 3 is 2.74 bits per heavy atom. The summed E-state index contributed by atoms with van der Waals surface area (Å²) in [7, 11) is 0. The first-order valence-corrected chi connectivity index (χ1v) is 6.82. The Kier molecular flexibility index (Phi) is 5.25. The fourth-order valence-corrected chi connectivity index (χ4v) is 2.11. The average molecular weight is 332 g/mol. The molecule has 2 N–H and O–H groups in total. The molecule has 0 saturated heterocycles. The normalized spacial score (nSPS) is 13.9. The molecule has 0 amide bonds. The van der Waals surface area contributed by atoms with Gasteiger partial charge in [0.05, 0.1) is 9.40 Å². The minimum absolute atomic E-state index is 0.0159. The standard InChI is InChI=1S/C12H18BrN3O3/c1-4-12(3,5-6-17)15-11-10(13)8(2)9(7-14-11)16(18)19/h7,17H,4-6H2,1-3H3,(H,14,15). The van der Waals surface area contributed by atoms with E-state index < -0.39 is 4.92 Å². The number of nitro groups is 1. The highest BCUT2D eigenvalue weighted by Gasteiger charge is 2.25. The van der Waals surface area contributed by atoms with Crippen LogP contribution < -0.4 is 5.32 Å². The second kappa shape index (κ2) is 6.29. The van der Waals surface area contributed by atoms with Crippen molar-refractivity contribution in [1.29, 1.82) is 0 Å². The number of aliphatic hydroxyl groups is 1. The molecule has 1 heterocycles. The average Bonchev–Trinajstić information content (AvgIpc) is 2.35. The van der Waals surface area contributed by atoms with E-state index >= 15 is 0 Å². The first-order valence-electron chi connectivity index (χ1n) is 6.03. The maximum atomic E-state index is 10.8. The highest BCUT2D eigenvalue weighted by Crippen LogP contribution is 2.33. The zero-order valence-electron chi connectivity index (χ0n) is 11.2. The summed E-state index contributed by atoms with van der Waals surface area (Å²) in [6.45, 7) is 5.73. The molecule has 0 radical (unpaired) electrons. The summed E-state index contributed by atoms with van der Waals surface area (Å²) in [6, 6.07) is 0. The Labute approximate surface area is 120 Å². The summed E-state index contributed by atoms with van der Waals surface area (Å²) in [6.07, 6.45) is 2.63. The summed E-state index contributed by atoms with van der Waals surface area (Å²) in [5.41, 5.74) is 0.218. The Balaban J connectivity index is 3.09. The summed E-state index contributed by atoms with van der Waals surface area (Å²) in [5.74, 6) is 0.556. The summed E-state index contributed by atoms with van der Waals surface area (Å²) >= 11 is 3.34. The third-order valence-corrected chi connectivity index (χ3v) is 4.27. The monoisotopic (exact) mass is 331 g/mol. The van der Waals surface area contributed by atoms with Gasteiger partial charge >= 0.3 is 0 Å². The molecule has 7 heteroatoms. The van der Waals surface area contributed by atoms with Gasteiger partial charge in [0.15, 0.2) is 0 Å². The molecule has 0 aliphatic heterocycles. The van der Waals surface area contributed by atoms with Crippen molar-refractivity contribution in [2.45, 2.75) is 39.2 Å². The number of hydrogen-bond donors (Lipinski definition) is 2. The fraction of sp³-hybridized carbons (Fsp3) is 0.583. The van der Waals surface area contributed by atoms with Crippen molar-refractivity contribution in [2.75, 3.05) is 11.9 Å². The number of aromatic nitrogens is 1. The Bertz CT molecular complexity index is 482. The number of halogens is 1. The highest BCUT2D eigenvalue weighted by molar-refractivity contribution is 9.10. The third-order valence-electron chi connectivity index (χ3n) is 3.30. The van der Waals surface area contributed by atoms with Crippen LogP contribution in [0.5, 0.6) is 0 Å². The van der Waals surface area contributed by atoms with Gasteiger partial charge in [-0.2, -0.15) is 0 Å². The van der Waals surface area contributed by atoms with Crippen LogP contribution in [0.3, 0.4) is 0 Å². The number of anilines is 1. The lowest BCUT2D eigenvalue weighted by Crippen LogP contribution is -2.35. The Hall–Kier alpha value is -1.21. The second-order valence-electron chi connectivity index (χ2n) is 4.70. The molecule has 0 spiro atoms. The molecule has 0 aromatic carbocycles. The molecule has 1 aromatic heterocycles. The molecule has 6 nitrogen and oxygen atoms in total. The molecule has 0 saturated carbocycles. The minimum atomic E-state index is -0.455. The van der Waals surface area contributed by atoms with Gasteiger partial charge in [0.1, 0.15) is 12.0 Å². The molecule has 0 aliphatic rings. The van der Waals surface area contributed by atoms with E-state index in [9.17, 15) is 10.1 Å². The molecule has 19 heavy (non-hydrogen) atoms. The third kappa shape index (κ3) is 3.63. The SMILES string of the molecule is CCC(C)(CCO)Nc1ncc([N+](=O)[O-])c(C)c1Br. The zero-order chi connectivity index (χ0) is 14.6. The molecule has 1 atom stereocenters. The summed E-state index contributed by atoms with van der Waals surface area (Å²) < 4.78 is 0.583. The van der Waals surface area contributed by atoms with E-state index in [0.717, 1.165) is 6.42 Å². The van der Waals surface area contributed by atoms with Crippen LogP contribution in [0.2, 0.25) is 0 Å². The first kappa shape index (κ1) is 15.8. The summed E-state index contributed by atoms with van der Waals surface area (Å²) in [5, 5.41) is 23.2. The fourth-order valence-electron chi connectivity index (χ4n) is 1.70. The van der Waals surface area contributed by atoms with Gasteiger partial charge in [0.25, 0.3) is 5.69 Å². The second-order valence-corrected chi connectivity index (χ2v) is 5.49. The van der Waals surface area contributed by atoms with Crippen molar-refractivity contribution in [2.24, 2.45) is 0 Å². The molecular weight excluding hydrogens is 314 g/mol. The highest BCUT2D eigenvalue weighted by atomic mass is 79.9. The Morgan fingerprint density at radius 1 is 1.63 bits per heavy atom. The van der Waals surface area contributed by atoms with Crippen molar-refractivity contribution in [3.63, 3.8) is 0 Å². The predicted molar refractivity (Wildman–Crippen MR) is 77.3 cm³/mol. The minimum Gasteiger partial charge on any atom is -0.396 e. The Morgan fingerprint density at radius 2 is 2.26 bits per heavy atom.